The summed E-state index contributed by atoms with van der Waals surface area (Å²) in [5.41, 5.74) is 8.41. The number of amides is 1. The fraction of sp³-hybridized carbons (Fsp3) is 0.500. The Balaban J connectivity index is 1.38. The van der Waals surface area contributed by atoms with Crippen LogP contribution >= 0.6 is 0 Å². The van der Waals surface area contributed by atoms with Crippen LogP contribution in [0.25, 0.3) is 22.0 Å². The number of nitrogens with one attached hydrogen (secondary N) is 2. The van der Waals surface area contributed by atoms with Crippen molar-refractivity contribution >= 4 is 38.5 Å². The Morgan fingerprint density at radius 2 is 1.84 bits per heavy atom. The van der Waals surface area contributed by atoms with Crippen LogP contribution in [-0.4, -0.2) is 80.8 Å². The fourth-order valence-electron chi connectivity index (χ4n) is 6.45. The quantitative estimate of drug-likeness (QED) is 0.229. The zero-order valence-electron chi connectivity index (χ0n) is 25.8. The number of carbonyl (C=O) groups is 2. The van der Waals surface area contributed by atoms with Crippen molar-refractivity contribution < 1.29 is 27.1 Å². The number of nitrogens with zero attached hydrogens (tertiary/aromatic N) is 2. The third-order valence-corrected chi connectivity index (χ3v) is 10.5. The minimum absolute atomic E-state index is 0.0182. The molecule has 1 aromatic heterocycles. The minimum atomic E-state index is -3.74. The molecular weight excluding hydrogens is 585 g/mol. The van der Waals surface area contributed by atoms with E-state index in [1.165, 1.54) is 16.1 Å². The summed E-state index contributed by atoms with van der Waals surface area (Å²) in [6, 6.07) is 9.48. The Labute approximate surface area is 258 Å². The molecule has 2 aliphatic rings. The molecule has 1 aliphatic heterocycles. The first kappa shape index (κ1) is 31.9. The molecule has 5 rings (SSSR count). The van der Waals surface area contributed by atoms with E-state index in [2.05, 4.69) is 10.6 Å². The van der Waals surface area contributed by atoms with E-state index in [4.69, 9.17) is 10.5 Å². The van der Waals surface area contributed by atoms with Crippen molar-refractivity contribution in [1.82, 2.24) is 14.2 Å². The molecule has 0 saturated heterocycles. The first-order valence-corrected chi connectivity index (χ1v) is 16.7. The Hall–Kier alpha value is -3.48. The normalized spacial score (nSPS) is 20.8. The van der Waals surface area contributed by atoms with Crippen LogP contribution in [0.3, 0.4) is 0 Å². The SMILES string of the molecule is CN(C)CCNCC(=O)OC1CCC(Nc2cc(-c3c4n(c5cc(F)ccc35)S(=O)(=O)CC(C)(C)C4)ccc2C(N)=O)CC1. The Kier molecular flexibility index (Phi) is 9.06. The molecule has 2 heterocycles. The molecule has 238 valence electrons. The fourth-order valence-corrected chi connectivity index (χ4v) is 8.61. The highest BCUT2D eigenvalue weighted by Gasteiger charge is 2.39. The Morgan fingerprint density at radius 3 is 2.52 bits per heavy atom. The molecule has 44 heavy (non-hydrogen) atoms. The molecule has 0 atom stereocenters. The van der Waals surface area contributed by atoms with Crippen LogP contribution in [0.15, 0.2) is 36.4 Å². The number of primary amides is 1. The highest BCUT2D eigenvalue weighted by molar-refractivity contribution is 7.90. The third kappa shape index (κ3) is 6.92. The Morgan fingerprint density at radius 1 is 1.11 bits per heavy atom. The van der Waals surface area contributed by atoms with E-state index in [0.717, 1.165) is 19.4 Å². The molecule has 2 aromatic carbocycles. The van der Waals surface area contributed by atoms with Gasteiger partial charge in [-0.15, -0.1) is 0 Å². The van der Waals surface area contributed by atoms with Crippen LogP contribution in [-0.2, 0) is 26.0 Å². The Bertz CT molecular complexity index is 1680. The maximum Gasteiger partial charge on any atom is 0.320 e. The smallest absolute Gasteiger partial charge is 0.320 e. The monoisotopic (exact) mass is 627 g/mol. The third-order valence-electron chi connectivity index (χ3n) is 8.39. The van der Waals surface area contributed by atoms with Crippen LogP contribution in [0.4, 0.5) is 10.1 Å². The molecule has 4 N–H and O–H groups in total. The molecule has 0 spiro atoms. The average molecular weight is 628 g/mol. The van der Waals surface area contributed by atoms with Gasteiger partial charge in [0.15, 0.2) is 0 Å². The summed E-state index contributed by atoms with van der Waals surface area (Å²) in [5, 5.41) is 7.21. The molecule has 12 heteroatoms. The number of aromatic nitrogens is 1. The molecule has 1 amide bonds. The molecule has 1 aliphatic carbocycles. The van der Waals surface area contributed by atoms with Gasteiger partial charge in [-0.1, -0.05) is 19.9 Å². The van der Waals surface area contributed by atoms with Crippen molar-refractivity contribution in [2.24, 2.45) is 11.1 Å². The second kappa shape index (κ2) is 12.5. The zero-order chi connectivity index (χ0) is 31.8. The van der Waals surface area contributed by atoms with Gasteiger partial charge in [-0.3, -0.25) is 9.59 Å². The average Bonchev–Trinajstić information content (AvgIpc) is 3.24. The number of halogens is 1. The number of carbonyl (C=O) groups excluding carboxylic acids is 2. The van der Waals surface area contributed by atoms with Crippen LogP contribution in [0, 0.1) is 11.2 Å². The van der Waals surface area contributed by atoms with Crippen LogP contribution < -0.4 is 16.4 Å². The topological polar surface area (TPSA) is 136 Å². The van der Waals surface area contributed by atoms with Gasteiger partial charge in [0.25, 0.3) is 5.91 Å². The van der Waals surface area contributed by atoms with Crippen molar-refractivity contribution in [2.75, 3.05) is 44.8 Å². The molecule has 0 bridgehead atoms. The van der Waals surface area contributed by atoms with Crippen molar-refractivity contribution in [3.8, 4) is 11.1 Å². The summed E-state index contributed by atoms with van der Waals surface area (Å²) in [6.45, 7) is 5.53. The number of esters is 1. The van der Waals surface area contributed by atoms with Crippen molar-refractivity contribution in [3.05, 3.63) is 53.5 Å². The number of rotatable bonds is 10. The summed E-state index contributed by atoms with van der Waals surface area (Å²) in [7, 11) is 0.205. The number of nitrogens with two attached hydrogens (primary N) is 1. The summed E-state index contributed by atoms with van der Waals surface area (Å²) < 4.78 is 48.2. The number of likely N-dealkylation sites (N-methyl/N-ethyl adjacent to an activating group) is 1. The van der Waals surface area contributed by atoms with E-state index in [9.17, 15) is 22.4 Å². The van der Waals surface area contributed by atoms with Gasteiger partial charge in [0, 0.05) is 41.5 Å². The first-order chi connectivity index (χ1) is 20.7. The lowest BCUT2D eigenvalue weighted by atomic mass is 9.87. The molecule has 1 saturated carbocycles. The van der Waals surface area contributed by atoms with Crippen LogP contribution in [0.2, 0.25) is 0 Å². The maximum atomic E-state index is 14.4. The molecular formula is C32H42FN5O5S. The highest BCUT2D eigenvalue weighted by atomic mass is 32.2. The van der Waals surface area contributed by atoms with Gasteiger partial charge in [0.05, 0.1) is 23.4 Å². The van der Waals surface area contributed by atoms with E-state index in [1.807, 2.05) is 38.9 Å². The van der Waals surface area contributed by atoms with Crippen LogP contribution in [0.1, 0.15) is 55.6 Å². The van der Waals surface area contributed by atoms with Gasteiger partial charge in [-0.2, -0.15) is 0 Å². The lowest BCUT2D eigenvalue weighted by Gasteiger charge is -2.32. The summed E-state index contributed by atoms with van der Waals surface area (Å²) in [6.07, 6.45) is 3.13. The molecule has 3 aromatic rings. The van der Waals surface area contributed by atoms with Gasteiger partial charge in [-0.25, -0.2) is 16.8 Å². The van der Waals surface area contributed by atoms with E-state index < -0.39 is 27.2 Å². The lowest BCUT2D eigenvalue weighted by molar-refractivity contribution is -0.149. The van der Waals surface area contributed by atoms with Crippen LogP contribution in [0.5, 0.6) is 0 Å². The molecule has 0 radical (unpaired) electrons. The first-order valence-electron chi connectivity index (χ1n) is 15.1. The van der Waals surface area contributed by atoms with Crippen molar-refractivity contribution in [3.63, 3.8) is 0 Å². The van der Waals surface area contributed by atoms with E-state index in [1.54, 1.807) is 18.2 Å². The largest absolute Gasteiger partial charge is 0.461 e. The summed E-state index contributed by atoms with van der Waals surface area (Å²) in [4.78, 5) is 26.7. The zero-order valence-corrected chi connectivity index (χ0v) is 26.6. The predicted molar refractivity (Wildman–Crippen MR) is 170 cm³/mol. The molecule has 0 unspecified atom stereocenters. The summed E-state index contributed by atoms with van der Waals surface area (Å²) in [5.74, 6) is -1.42. The van der Waals surface area contributed by atoms with Gasteiger partial charge < -0.3 is 26.0 Å². The number of fused-ring (bicyclic) bond motifs is 3. The molecule has 10 nitrogen and oxygen atoms in total. The van der Waals surface area contributed by atoms with Gasteiger partial charge in [0.1, 0.15) is 11.9 Å². The number of anilines is 1. The van der Waals surface area contributed by atoms with Gasteiger partial charge in [-0.05, 0) is 87.5 Å². The molecule has 1 fully saturated rings. The number of hydrogen-bond acceptors (Lipinski definition) is 8. The van der Waals surface area contributed by atoms with Gasteiger partial charge >= 0.3 is 5.97 Å². The summed E-state index contributed by atoms with van der Waals surface area (Å²) >= 11 is 0. The number of ether oxygens (including phenoxy) is 1. The lowest BCUT2D eigenvalue weighted by Crippen LogP contribution is -2.36. The highest BCUT2D eigenvalue weighted by Crippen LogP contribution is 2.44. The van der Waals surface area contributed by atoms with E-state index >= 15 is 0 Å². The van der Waals surface area contributed by atoms with Gasteiger partial charge in [0.2, 0.25) is 10.0 Å². The number of benzene rings is 2. The van der Waals surface area contributed by atoms with E-state index in [0.29, 0.717) is 64.8 Å². The van der Waals surface area contributed by atoms with E-state index in [-0.39, 0.29) is 30.4 Å². The standard InChI is InChI=1S/C32H42FN5O5S/c1-32(2)17-28-30(25-12-6-21(33)16-27(25)38(28)44(41,42)19-32)20-5-11-24(31(34)40)26(15-20)36-22-7-9-23(10-8-22)43-29(39)18-35-13-14-37(3)4/h5-6,11-12,15-16,22-23,35-36H,7-10,13-14,17-19H2,1-4H3,(H2,34,40). The van der Waals surface area contributed by atoms with Crippen molar-refractivity contribution in [2.45, 2.75) is 58.1 Å². The number of hydrogen-bond donors (Lipinski definition) is 3. The second-order valence-electron chi connectivity index (χ2n) is 13.1. The predicted octanol–water partition coefficient (Wildman–Crippen LogP) is 3.72. The second-order valence-corrected chi connectivity index (χ2v) is 14.9. The minimum Gasteiger partial charge on any atom is -0.461 e. The maximum absolute atomic E-state index is 14.4. The van der Waals surface area contributed by atoms with Crippen molar-refractivity contribution in [1.29, 1.82) is 0 Å².